The molecule has 0 amide bonds. The minimum absolute atomic E-state index is 0.0131. The molecule has 1 saturated heterocycles. The van der Waals surface area contributed by atoms with Crippen molar-refractivity contribution in [2.24, 2.45) is 0 Å². The van der Waals surface area contributed by atoms with E-state index in [1.807, 2.05) is 13.8 Å². The first-order chi connectivity index (χ1) is 12.7. The molecular formula is C18H22N2O6S. The first-order valence-electron chi connectivity index (χ1n) is 8.54. The molecule has 0 bridgehead atoms. The zero-order valence-electron chi connectivity index (χ0n) is 15.4. The monoisotopic (exact) mass is 394 g/mol. The average molecular weight is 394 g/mol. The van der Waals surface area contributed by atoms with Gasteiger partial charge < -0.3 is 14.4 Å². The molecule has 2 heterocycles. The first kappa shape index (κ1) is 19.5. The number of aliphatic hydroxyl groups excluding tert-OH is 1. The summed E-state index contributed by atoms with van der Waals surface area (Å²) in [7, 11) is -3.95. The van der Waals surface area contributed by atoms with Crippen LogP contribution in [-0.2, 0) is 26.2 Å². The van der Waals surface area contributed by atoms with Crippen molar-refractivity contribution in [1.29, 1.82) is 0 Å². The SMILES string of the molecule is Cc1cc(COC(=O)[C@@H]2CC(O)CN2S(=O)(=O)c2ccc(C)c(C)c2)no1. The molecule has 0 aliphatic carbocycles. The quantitative estimate of drug-likeness (QED) is 0.765. The van der Waals surface area contributed by atoms with Gasteiger partial charge in [0.15, 0.2) is 0 Å². The number of esters is 1. The lowest BCUT2D eigenvalue weighted by molar-refractivity contribution is -0.149. The number of rotatable bonds is 5. The van der Waals surface area contributed by atoms with E-state index in [9.17, 15) is 18.3 Å². The molecule has 1 aromatic heterocycles. The summed E-state index contributed by atoms with van der Waals surface area (Å²) in [6, 6.07) is 5.33. The molecule has 8 nitrogen and oxygen atoms in total. The standard InChI is InChI=1S/C18H22N2O6S/c1-11-4-5-16(6-12(11)2)27(23,24)20-9-15(21)8-17(20)18(22)25-10-14-7-13(3)26-19-14/h4-7,15,17,21H,8-10H2,1-3H3/t15?,17-/m0/s1. The zero-order chi connectivity index (χ0) is 19.8. The second kappa shape index (κ2) is 7.41. The van der Waals surface area contributed by atoms with Crippen molar-refractivity contribution < 1.29 is 27.6 Å². The van der Waals surface area contributed by atoms with Gasteiger partial charge in [-0.05, 0) is 44.0 Å². The van der Waals surface area contributed by atoms with Gasteiger partial charge in [0.1, 0.15) is 24.1 Å². The molecule has 2 aromatic rings. The van der Waals surface area contributed by atoms with Crippen LogP contribution in [0.3, 0.4) is 0 Å². The van der Waals surface area contributed by atoms with Crippen LogP contribution in [0.15, 0.2) is 33.7 Å². The summed E-state index contributed by atoms with van der Waals surface area (Å²) in [5, 5.41) is 13.7. The van der Waals surface area contributed by atoms with E-state index in [1.54, 1.807) is 25.1 Å². The van der Waals surface area contributed by atoms with E-state index in [1.165, 1.54) is 6.07 Å². The van der Waals surface area contributed by atoms with Gasteiger partial charge in [-0.15, -0.1) is 0 Å². The van der Waals surface area contributed by atoms with Gasteiger partial charge in [-0.25, -0.2) is 8.42 Å². The van der Waals surface area contributed by atoms with Crippen molar-refractivity contribution in [1.82, 2.24) is 9.46 Å². The van der Waals surface area contributed by atoms with Crippen LogP contribution < -0.4 is 0 Å². The highest BCUT2D eigenvalue weighted by molar-refractivity contribution is 7.89. The molecule has 9 heteroatoms. The smallest absolute Gasteiger partial charge is 0.324 e. The fraction of sp³-hybridized carbons (Fsp3) is 0.444. The summed E-state index contributed by atoms with van der Waals surface area (Å²) in [5.41, 5.74) is 2.23. The summed E-state index contributed by atoms with van der Waals surface area (Å²) < 4.78 is 37.1. The fourth-order valence-electron chi connectivity index (χ4n) is 3.00. The normalized spacial score (nSPS) is 20.7. The van der Waals surface area contributed by atoms with Crippen molar-refractivity contribution in [2.45, 2.75) is 50.8 Å². The van der Waals surface area contributed by atoms with Crippen molar-refractivity contribution in [3.63, 3.8) is 0 Å². The number of benzene rings is 1. The van der Waals surface area contributed by atoms with Crippen LogP contribution in [0.1, 0.15) is 29.0 Å². The van der Waals surface area contributed by atoms with E-state index in [0.717, 1.165) is 15.4 Å². The minimum Gasteiger partial charge on any atom is -0.458 e. The molecule has 1 aromatic carbocycles. The maximum absolute atomic E-state index is 13.0. The topological polar surface area (TPSA) is 110 Å². The molecule has 0 saturated carbocycles. The number of β-amino-alcohol motifs (C(OH)–C–C–N with tert-alkyl or cyclic N) is 1. The van der Waals surface area contributed by atoms with Gasteiger partial charge in [-0.3, -0.25) is 4.79 Å². The van der Waals surface area contributed by atoms with E-state index in [4.69, 9.17) is 9.26 Å². The highest BCUT2D eigenvalue weighted by Crippen LogP contribution is 2.28. The van der Waals surface area contributed by atoms with E-state index >= 15 is 0 Å². The third-order valence-corrected chi connectivity index (χ3v) is 6.50. The Labute approximate surface area is 157 Å². The third kappa shape index (κ3) is 4.05. The summed E-state index contributed by atoms with van der Waals surface area (Å²) in [6.07, 6.45) is -0.945. The highest BCUT2D eigenvalue weighted by Gasteiger charge is 2.44. The van der Waals surface area contributed by atoms with Crippen molar-refractivity contribution in [2.75, 3.05) is 6.54 Å². The summed E-state index contributed by atoms with van der Waals surface area (Å²) in [5.74, 6) is -0.143. The van der Waals surface area contributed by atoms with E-state index in [2.05, 4.69) is 5.16 Å². The number of aryl methyl sites for hydroxylation is 3. The Kier molecular flexibility index (Phi) is 5.36. The Hall–Kier alpha value is -2.23. The van der Waals surface area contributed by atoms with Gasteiger partial charge in [-0.1, -0.05) is 11.2 Å². The molecule has 27 heavy (non-hydrogen) atoms. The van der Waals surface area contributed by atoms with Crippen LogP contribution in [-0.4, -0.2) is 47.6 Å². The number of hydrogen-bond donors (Lipinski definition) is 1. The van der Waals surface area contributed by atoms with Gasteiger partial charge in [0, 0.05) is 19.0 Å². The van der Waals surface area contributed by atoms with Gasteiger partial charge in [-0.2, -0.15) is 4.31 Å². The number of aliphatic hydroxyl groups is 1. The predicted molar refractivity (Wildman–Crippen MR) is 95.3 cm³/mol. The highest BCUT2D eigenvalue weighted by atomic mass is 32.2. The van der Waals surface area contributed by atoms with Crippen LogP contribution in [0.2, 0.25) is 0 Å². The largest absolute Gasteiger partial charge is 0.458 e. The summed E-state index contributed by atoms with van der Waals surface area (Å²) in [6.45, 7) is 5.14. The Bertz CT molecular complexity index is 953. The summed E-state index contributed by atoms with van der Waals surface area (Å²) in [4.78, 5) is 12.6. The number of hydrogen-bond acceptors (Lipinski definition) is 7. The minimum atomic E-state index is -3.95. The molecular weight excluding hydrogens is 372 g/mol. The Morgan fingerprint density at radius 2 is 2.04 bits per heavy atom. The molecule has 1 aliphatic heterocycles. The van der Waals surface area contributed by atoms with Gasteiger partial charge >= 0.3 is 5.97 Å². The Morgan fingerprint density at radius 1 is 1.30 bits per heavy atom. The number of carbonyl (C=O) groups is 1. The van der Waals surface area contributed by atoms with Crippen LogP contribution >= 0.6 is 0 Å². The van der Waals surface area contributed by atoms with Crippen molar-refractivity contribution in [3.8, 4) is 0 Å². The number of aromatic nitrogens is 1. The predicted octanol–water partition coefficient (Wildman–Crippen LogP) is 1.47. The Balaban J connectivity index is 1.80. The second-order valence-electron chi connectivity index (χ2n) is 6.76. The molecule has 2 atom stereocenters. The van der Waals surface area contributed by atoms with E-state index in [0.29, 0.717) is 11.5 Å². The van der Waals surface area contributed by atoms with Gasteiger partial charge in [0.25, 0.3) is 0 Å². The lowest BCUT2D eigenvalue weighted by Gasteiger charge is -2.22. The Morgan fingerprint density at radius 3 is 2.67 bits per heavy atom. The molecule has 3 rings (SSSR count). The molecule has 1 unspecified atom stereocenters. The van der Waals surface area contributed by atoms with Crippen molar-refractivity contribution in [3.05, 3.63) is 46.8 Å². The molecule has 1 fully saturated rings. The maximum atomic E-state index is 13.0. The van der Waals surface area contributed by atoms with Crippen LogP contribution in [0, 0.1) is 20.8 Å². The van der Waals surface area contributed by atoms with Gasteiger partial charge in [0.05, 0.1) is 11.0 Å². The maximum Gasteiger partial charge on any atom is 0.324 e. The zero-order valence-corrected chi connectivity index (χ0v) is 16.2. The number of nitrogens with zero attached hydrogens (tertiary/aromatic N) is 2. The molecule has 146 valence electrons. The molecule has 0 radical (unpaired) electrons. The van der Waals surface area contributed by atoms with Crippen LogP contribution in [0.5, 0.6) is 0 Å². The van der Waals surface area contributed by atoms with E-state index < -0.39 is 28.1 Å². The number of carbonyl (C=O) groups excluding carboxylic acids is 1. The van der Waals surface area contributed by atoms with Crippen LogP contribution in [0.4, 0.5) is 0 Å². The summed E-state index contributed by atoms with van der Waals surface area (Å²) >= 11 is 0. The number of sulfonamides is 1. The molecule has 1 N–H and O–H groups in total. The second-order valence-corrected chi connectivity index (χ2v) is 8.65. The van der Waals surface area contributed by atoms with Gasteiger partial charge in [0.2, 0.25) is 10.0 Å². The third-order valence-electron chi connectivity index (χ3n) is 4.63. The number of ether oxygens (including phenoxy) is 1. The van der Waals surface area contributed by atoms with E-state index in [-0.39, 0.29) is 24.5 Å². The van der Waals surface area contributed by atoms with Crippen LogP contribution in [0.25, 0.3) is 0 Å². The average Bonchev–Trinajstić information content (AvgIpc) is 3.21. The fourth-order valence-corrected chi connectivity index (χ4v) is 4.71. The lowest BCUT2D eigenvalue weighted by atomic mass is 10.1. The first-order valence-corrected chi connectivity index (χ1v) is 9.98. The molecule has 1 aliphatic rings. The lowest BCUT2D eigenvalue weighted by Crippen LogP contribution is -2.41. The molecule has 0 spiro atoms. The van der Waals surface area contributed by atoms with Crippen molar-refractivity contribution >= 4 is 16.0 Å².